The van der Waals surface area contributed by atoms with Gasteiger partial charge in [-0.25, -0.2) is 0 Å². The third-order valence-electron chi connectivity index (χ3n) is 2.45. The van der Waals surface area contributed by atoms with E-state index in [0.717, 1.165) is 16.9 Å². The molecule has 1 aliphatic rings. The molecule has 0 spiro atoms. The zero-order valence-corrected chi connectivity index (χ0v) is 8.68. The van der Waals surface area contributed by atoms with E-state index in [1.807, 2.05) is 18.2 Å². The van der Waals surface area contributed by atoms with Gasteiger partial charge in [-0.1, -0.05) is 6.07 Å². The van der Waals surface area contributed by atoms with Crippen LogP contribution < -0.4 is 10.5 Å². The Balaban J connectivity index is 2.14. The van der Waals surface area contributed by atoms with Crippen LogP contribution in [0.4, 0.5) is 0 Å². The largest absolute Gasteiger partial charge is 0.480 e. The van der Waals surface area contributed by atoms with Gasteiger partial charge in [0.05, 0.1) is 6.61 Å². The maximum atomic E-state index is 10.6. The second-order valence-corrected chi connectivity index (χ2v) is 3.70. The Morgan fingerprint density at radius 3 is 3.12 bits per heavy atom. The SMILES string of the molecule is NC(Cc1ccc2c(c1)COCO2)C(=O)O. The van der Waals surface area contributed by atoms with Gasteiger partial charge in [-0.15, -0.1) is 0 Å². The summed E-state index contributed by atoms with van der Waals surface area (Å²) in [6.07, 6.45) is 0.308. The summed E-state index contributed by atoms with van der Waals surface area (Å²) in [5.74, 6) is -0.205. The lowest BCUT2D eigenvalue weighted by Crippen LogP contribution is -2.32. The number of carbonyl (C=O) groups is 1. The van der Waals surface area contributed by atoms with Crippen molar-refractivity contribution in [1.29, 1.82) is 0 Å². The second-order valence-electron chi connectivity index (χ2n) is 3.70. The van der Waals surface area contributed by atoms with Crippen LogP contribution in [0.2, 0.25) is 0 Å². The summed E-state index contributed by atoms with van der Waals surface area (Å²) >= 11 is 0. The smallest absolute Gasteiger partial charge is 0.320 e. The van der Waals surface area contributed by atoms with Gasteiger partial charge in [0, 0.05) is 5.56 Å². The maximum absolute atomic E-state index is 10.6. The molecule has 0 radical (unpaired) electrons. The predicted molar refractivity (Wildman–Crippen MR) is 56.0 cm³/mol. The van der Waals surface area contributed by atoms with E-state index in [2.05, 4.69) is 0 Å². The van der Waals surface area contributed by atoms with Crippen LogP contribution in [0.5, 0.6) is 5.75 Å². The lowest BCUT2D eigenvalue weighted by Gasteiger charge is -2.18. The molecular weight excluding hydrogens is 210 g/mol. The number of hydrogen-bond acceptors (Lipinski definition) is 4. The summed E-state index contributed by atoms with van der Waals surface area (Å²) in [5.41, 5.74) is 7.27. The zero-order chi connectivity index (χ0) is 11.5. The third kappa shape index (κ3) is 2.32. The van der Waals surface area contributed by atoms with Crippen LogP contribution in [0.25, 0.3) is 0 Å². The van der Waals surface area contributed by atoms with Gasteiger partial charge >= 0.3 is 5.97 Å². The fraction of sp³-hybridized carbons (Fsp3) is 0.364. The number of benzene rings is 1. The lowest BCUT2D eigenvalue weighted by atomic mass is 10.0. The minimum atomic E-state index is -0.995. The van der Waals surface area contributed by atoms with Gasteiger partial charge < -0.3 is 20.3 Å². The predicted octanol–water partition coefficient (Wildman–Crippen LogP) is 0.507. The highest BCUT2D eigenvalue weighted by Crippen LogP contribution is 2.24. The number of carboxylic acids is 1. The molecule has 0 aliphatic carbocycles. The van der Waals surface area contributed by atoms with Gasteiger partial charge in [0.25, 0.3) is 0 Å². The molecule has 0 saturated heterocycles. The first-order valence-electron chi connectivity index (χ1n) is 4.97. The Kier molecular flexibility index (Phi) is 3.07. The van der Waals surface area contributed by atoms with Gasteiger partial charge in [0.15, 0.2) is 6.79 Å². The fourth-order valence-corrected chi connectivity index (χ4v) is 1.61. The molecule has 1 aromatic rings. The number of rotatable bonds is 3. The van der Waals surface area contributed by atoms with Crippen molar-refractivity contribution in [2.45, 2.75) is 19.1 Å². The summed E-state index contributed by atoms with van der Waals surface area (Å²) in [6.45, 7) is 0.756. The number of hydrogen-bond donors (Lipinski definition) is 2. The molecule has 1 aromatic carbocycles. The van der Waals surface area contributed by atoms with Crippen molar-refractivity contribution >= 4 is 5.97 Å². The highest BCUT2D eigenvalue weighted by atomic mass is 16.7. The third-order valence-corrected chi connectivity index (χ3v) is 2.45. The van der Waals surface area contributed by atoms with Crippen LogP contribution in [-0.2, 0) is 22.6 Å². The Hall–Kier alpha value is -1.59. The van der Waals surface area contributed by atoms with Crippen LogP contribution in [0.15, 0.2) is 18.2 Å². The van der Waals surface area contributed by atoms with Gasteiger partial charge in [-0.3, -0.25) is 4.79 Å². The highest BCUT2D eigenvalue weighted by Gasteiger charge is 2.15. The number of fused-ring (bicyclic) bond motifs is 1. The Bertz CT molecular complexity index is 405. The molecule has 1 heterocycles. The number of nitrogens with two attached hydrogens (primary N) is 1. The van der Waals surface area contributed by atoms with E-state index < -0.39 is 12.0 Å². The summed E-state index contributed by atoms with van der Waals surface area (Å²) in [4.78, 5) is 10.6. The van der Waals surface area contributed by atoms with E-state index in [1.165, 1.54) is 0 Å². The first-order valence-corrected chi connectivity index (χ1v) is 4.97. The summed E-state index contributed by atoms with van der Waals surface area (Å²) in [5, 5.41) is 8.71. The minimum absolute atomic E-state index is 0.265. The monoisotopic (exact) mass is 223 g/mol. The van der Waals surface area contributed by atoms with Crippen LogP contribution in [0.3, 0.4) is 0 Å². The van der Waals surface area contributed by atoms with E-state index in [1.54, 1.807) is 0 Å². The van der Waals surface area contributed by atoms with Gasteiger partial charge in [-0.05, 0) is 24.1 Å². The average Bonchev–Trinajstić information content (AvgIpc) is 2.28. The molecule has 0 fully saturated rings. The van der Waals surface area contributed by atoms with Crippen LogP contribution in [0.1, 0.15) is 11.1 Å². The standard InChI is InChI=1S/C11H13NO4/c12-9(11(13)14)4-7-1-2-10-8(3-7)5-15-6-16-10/h1-3,9H,4-6,12H2,(H,13,14). The molecule has 0 bridgehead atoms. The van der Waals surface area contributed by atoms with E-state index in [9.17, 15) is 4.79 Å². The normalized spacial score (nSPS) is 16.1. The lowest BCUT2D eigenvalue weighted by molar-refractivity contribution is -0.138. The van der Waals surface area contributed by atoms with Gasteiger partial charge in [-0.2, -0.15) is 0 Å². The van der Waals surface area contributed by atoms with E-state index in [4.69, 9.17) is 20.3 Å². The van der Waals surface area contributed by atoms with Crippen molar-refractivity contribution in [2.75, 3.05) is 6.79 Å². The molecule has 16 heavy (non-hydrogen) atoms. The molecule has 5 nitrogen and oxygen atoms in total. The Morgan fingerprint density at radius 1 is 1.56 bits per heavy atom. The molecule has 3 N–H and O–H groups in total. The molecule has 5 heteroatoms. The van der Waals surface area contributed by atoms with Crippen molar-refractivity contribution in [3.8, 4) is 5.75 Å². The molecule has 0 saturated carbocycles. The summed E-state index contributed by atoms with van der Waals surface area (Å²) in [7, 11) is 0. The van der Waals surface area contributed by atoms with Crippen LogP contribution in [-0.4, -0.2) is 23.9 Å². The fourth-order valence-electron chi connectivity index (χ4n) is 1.61. The van der Waals surface area contributed by atoms with E-state index in [0.29, 0.717) is 13.0 Å². The molecule has 1 atom stereocenters. The summed E-state index contributed by atoms with van der Waals surface area (Å²) < 4.78 is 10.4. The van der Waals surface area contributed by atoms with Crippen LogP contribution >= 0.6 is 0 Å². The first kappa shape index (κ1) is 10.9. The Morgan fingerprint density at radius 2 is 2.38 bits per heavy atom. The molecule has 0 aromatic heterocycles. The zero-order valence-electron chi connectivity index (χ0n) is 8.68. The molecule has 1 aliphatic heterocycles. The highest BCUT2D eigenvalue weighted by molar-refractivity contribution is 5.73. The van der Waals surface area contributed by atoms with Crippen molar-refractivity contribution in [3.63, 3.8) is 0 Å². The van der Waals surface area contributed by atoms with Gasteiger partial charge in [0.1, 0.15) is 11.8 Å². The van der Waals surface area contributed by atoms with Crippen molar-refractivity contribution in [2.24, 2.45) is 5.73 Å². The maximum Gasteiger partial charge on any atom is 0.320 e. The Labute approximate surface area is 92.8 Å². The number of ether oxygens (including phenoxy) is 2. The minimum Gasteiger partial charge on any atom is -0.480 e. The van der Waals surface area contributed by atoms with E-state index >= 15 is 0 Å². The van der Waals surface area contributed by atoms with Crippen molar-refractivity contribution in [3.05, 3.63) is 29.3 Å². The molecule has 1 unspecified atom stereocenters. The summed E-state index contributed by atoms with van der Waals surface area (Å²) in [6, 6.07) is 4.65. The van der Waals surface area contributed by atoms with Gasteiger partial charge in [0.2, 0.25) is 0 Å². The molecular formula is C11H13NO4. The van der Waals surface area contributed by atoms with Crippen molar-refractivity contribution < 1.29 is 19.4 Å². The molecule has 86 valence electrons. The average molecular weight is 223 g/mol. The quantitative estimate of drug-likeness (QED) is 0.780. The first-order chi connectivity index (χ1) is 7.66. The molecule has 0 amide bonds. The second kappa shape index (κ2) is 4.51. The van der Waals surface area contributed by atoms with E-state index in [-0.39, 0.29) is 6.79 Å². The molecule has 2 rings (SSSR count). The number of aliphatic carboxylic acids is 1. The van der Waals surface area contributed by atoms with Crippen LogP contribution in [0, 0.1) is 0 Å². The number of carboxylic acid groups (broad SMARTS) is 1. The topological polar surface area (TPSA) is 81.8 Å². The van der Waals surface area contributed by atoms with Crippen molar-refractivity contribution in [1.82, 2.24) is 0 Å².